The number of carbonyl (C=O) groups excluding carboxylic acids is 5. The van der Waals surface area contributed by atoms with Gasteiger partial charge in [-0.3, -0.25) is 24.3 Å². The number of alkyl carbamates (subject to hydrolysis) is 1. The number of anilines is 1. The molecular weight excluding hydrogens is 774 g/mol. The van der Waals surface area contributed by atoms with E-state index in [0.29, 0.717) is 25.8 Å². The Kier molecular flexibility index (Phi) is 12.2. The molecule has 0 unspecified atom stereocenters. The summed E-state index contributed by atoms with van der Waals surface area (Å²) in [5.74, 6) is -3.95. The van der Waals surface area contributed by atoms with E-state index in [4.69, 9.17) is 9.47 Å². The second kappa shape index (κ2) is 17.3. The fourth-order valence-electron chi connectivity index (χ4n) is 8.41. The van der Waals surface area contributed by atoms with Crippen molar-refractivity contribution in [3.05, 3.63) is 66.3 Å². The summed E-state index contributed by atoms with van der Waals surface area (Å²) in [6.45, 7) is 4.42. The molecule has 5 atom stereocenters. The van der Waals surface area contributed by atoms with Crippen LogP contribution in [-0.2, 0) is 47.0 Å². The lowest BCUT2D eigenvalue weighted by Crippen LogP contribution is -2.58. The fraction of sp³-hybridized carbons (Fsp3) is 0.550. The maximum atomic E-state index is 14.6. The number of sulfonamides is 1. The van der Waals surface area contributed by atoms with E-state index in [9.17, 15) is 36.8 Å². The third-order valence-corrected chi connectivity index (χ3v) is 13.1. The van der Waals surface area contributed by atoms with Gasteiger partial charge < -0.3 is 30.3 Å². The fourth-order valence-corrected chi connectivity index (χ4v) is 9.64. The number of hydrogen-bond donors (Lipinski definition) is 4. The van der Waals surface area contributed by atoms with Crippen LogP contribution in [0.5, 0.6) is 0 Å². The Morgan fingerprint density at radius 2 is 1.74 bits per heavy atom. The van der Waals surface area contributed by atoms with Gasteiger partial charge in [-0.1, -0.05) is 37.8 Å². The normalized spacial score (nSPS) is 27.9. The number of hydrogen-bond acceptors (Lipinski definition) is 11. The van der Waals surface area contributed by atoms with E-state index in [-0.39, 0.29) is 50.7 Å². The van der Waals surface area contributed by atoms with Crippen molar-refractivity contribution in [2.45, 2.75) is 125 Å². The third-order valence-electron chi connectivity index (χ3n) is 11.7. The van der Waals surface area contributed by atoms with E-state index in [2.05, 4.69) is 27.5 Å². The highest BCUT2D eigenvalue weighted by atomic mass is 32.2. The Morgan fingerprint density at radius 3 is 2.50 bits per heavy atom. The van der Waals surface area contributed by atoms with Gasteiger partial charge in [0.1, 0.15) is 40.5 Å². The first-order valence-electron chi connectivity index (χ1n) is 20.1. The van der Waals surface area contributed by atoms with Gasteiger partial charge in [0.2, 0.25) is 11.8 Å². The Balaban J connectivity index is 1.16. The van der Waals surface area contributed by atoms with Gasteiger partial charge in [-0.05, 0) is 74.8 Å². The molecule has 1 aromatic heterocycles. The summed E-state index contributed by atoms with van der Waals surface area (Å²) < 4.78 is 55.4. The summed E-state index contributed by atoms with van der Waals surface area (Å²) in [4.78, 5) is 76.1. The highest BCUT2D eigenvalue weighted by molar-refractivity contribution is 7.90. The average Bonchev–Trinajstić information content (AvgIpc) is 3.59. The molecule has 16 nitrogen and oxygen atoms in total. The highest BCUT2D eigenvalue weighted by Crippen LogP contribution is 2.45. The van der Waals surface area contributed by atoms with Gasteiger partial charge in [-0.25, -0.2) is 27.1 Å². The first-order valence-corrected chi connectivity index (χ1v) is 21.6. The van der Waals surface area contributed by atoms with Gasteiger partial charge in [0.05, 0.1) is 31.0 Å². The topological polar surface area (TPSA) is 205 Å². The molecule has 3 fully saturated rings. The quantitative estimate of drug-likeness (QED) is 0.324. The Bertz CT molecular complexity index is 2020. The molecule has 58 heavy (non-hydrogen) atoms. The lowest BCUT2D eigenvalue weighted by molar-refractivity contribution is -0.141. The third kappa shape index (κ3) is 9.06. The molecule has 1 aromatic carbocycles. The first kappa shape index (κ1) is 40.9. The monoisotopic (exact) mass is 823 g/mol. The molecule has 2 saturated carbocycles. The van der Waals surface area contributed by atoms with Crippen LogP contribution in [0.25, 0.3) is 0 Å². The Morgan fingerprint density at radius 1 is 0.983 bits per heavy atom. The number of aromatic nitrogens is 1. The van der Waals surface area contributed by atoms with Gasteiger partial charge in [-0.15, -0.1) is 6.58 Å². The second-order valence-corrected chi connectivity index (χ2v) is 17.4. The number of amides is 5. The zero-order valence-corrected chi connectivity index (χ0v) is 33.1. The molecule has 0 radical (unpaired) electrons. The number of fused-ring (bicyclic) bond motifs is 3. The van der Waals surface area contributed by atoms with Gasteiger partial charge in [0.25, 0.3) is 15.9 Å². The van der Waals surface area contributed by atoms with Crippen LogP contribution in [0, 0.1) is 11.7 Å². The smallest absolute Gasteiger partial charge is 0.410 e. The molecule has 312 valence electrons. The van der Waals surface area contributed by atoms with Crippen molar-refractivity contribution in [3.8, 4) is 0 Å². The SMILES string of the molecule is C=C[C@@H]1C[C@@]12NC(=O)[C@@H]1C[C@@H](OC(=O)N3Cc4cccnc4C3)CN1C(=O)[C@@H](NC(=O)OC1CCCC1)CCCCCCCNc1ccc(F)cc1S(=O)(=O)NC2=O. The summed E-state index contributed by atoms with van der Waals surface area (Å²) in [6.07, 6.45) is 7.26. The van der Waals surface area contributed by atoms with E-state index in [1.165, 1.54) is 21.9 Å². The summed E-state index contributed by atoms with van der Waals surface area (Å²) in [5.41, 5.74) is -0.0551. The molecule has 7 rings (SSSR count). The van der Waals surface area contributed by atoms with Crippen LogP contribution in [0.1, 0.15) is 88.3 Å². The minimum atomic E-state index is -4.66. The molecule has 2 aliphatic carbocycles. The largest absolute Gasteiger partial charge is 0.446 e. The van der Waals surface area contributed by atoms with Crippen LogP contribution in [0.4, 0.5) is 19.7 Å². The van der Waals surface area contributed by atoms with E-state index in [1.807, 2.05) is 10.8 Å². The number of ether oxygens (including phenoxy) is 2. The first-order chi connectivity index (χ1) is 27.9. The van der Waals surface area contributed by atoms with Crippen LogP contribution < -0.4 is 20.7 Å². The van der Waals surface area contributed by atoms with Crippen molar-refractivity contribution >= 4 is 45.6 Å². The van der Waals surface area contributed by atoms with Crippen molar-refractivity contribution < 1.29 is 46.3 Å². The number of nitrogens with zero attached hydrogens (tertiary/aromatic N) is 3. The lowest BCUT2D eigenvalue weighted by atomic mass is 10.0. The maximum Gasteiger partial charge on any atom is 0.410 e. The Hall–Kier alpha value is -5.26. The van der Waals surface area contributed by atoms with E-state index in [0.717, 1.165) is 61.9 Å². The number of halogens is 1. The van der Waals surface area contributed by atoms with Crippen LogP contribution in [0.2, 0.25) is 0 Å². The number of pyridine rings is 1. The molecule has 4 heterocycles. The van der Waals surface area contributed by atoms with Gasteiger partial charge in [0.15, 0.2) is 0 Å². The molecule has 5 aliphatic rings. The zero-order chi connectivity index (χ0) is 41.0. The number of rotatable bonds is 4. The molecule has 18 heteroatoms. The number of nitrogens with one attached hydrogen (secondary N) is 4. The summed E-state index contributed by atoms with van der Waals surface area (Å²) in [7, 11) is -4.66. The standard InChI is InChI=1S/C40H50FN7O9S/c1-2-26-21-40(26)37(51)46-58(54,55)34-19-27(41)15-16-30(34)42-17-9-5-3-4-6-14-31(44-38(52)56-28-12-7-8-13-28)36(50)48-23-29(20-33(48)35(49)45-40)57-39(53)47-22-25-11-10-18-43-32(25)24-47/h2,10-11,15-16,18-19,26,28-29,31,33,42H,1,3-9,12-14,17,20-24H2,(H,44,52)(H,45,49)(H,46,51)/t26-,29-,31+,33+,40-/m1/s1. The summed E-state index contributed by atoms with van der Waals surface area (Å²) >= 11 is 0. The molecule has 1 spiro atoms. The predicted molar refractivity (Wildman–Crippen MR) is 207 cm³/mol. The van der Waals surface area contributed by atoms with Gasteiger partial charge in [0, 0.05) is 25.1 Å². The molecular formula is C40H50FN7O9S. The van der Waals surface area contributed by atoms with Gasteiger partial charge >= 0.3 is 12.2 Å². The van der Waals surface area contributed by atoms with E-state index < -0.39 is 80.3 Å². The van der Waals surface area contributed by atoms with Crippen LogP contribution in [0.15, 0.2) is 54.1 Å². The zero-order valence-electron chi connectivity index (χ0n) is 32.3. The number of carbonyl (C=O) groups is 5. The molecule has 4 N–H and O–H groups in total. The van der Waals surface area contributed by atoms with E-state index >= 15 is 0 Å². The van der Waals surface area contributed by atoms with Crippen LogP contribution in [0.3, 0.4) is 0 Å². The van der Waals surface area contributed by atoms with Crippen molar-refractivity contribution in [1.29, 1.82) is 0 Å². The maximum absolute atomic E-state index is 14.6. The number of benzene rings is 1. The molecule has 1 saturated heterocycles. The predicted octanol–water partition coefficient (Wildman–Crippen LogP) is 4.01. The summed E-state index contributed by atoms with van der Waals surface area (Å²) in [6, 6.07) is 4.51. The lowest BCUT2D eigenvalue weighted by Gasteiger charge is -2.30. The molecule has 0 bridgehead atoms. The second-order valence-electron chi connectivity index (χ2n) is 15.8. The van der Waals surface area contributed by atoms with Crippen molar-refractivity contribution in [3.63, 3.8) is 0 Å². The summed E-state index contributed by atoms with van der Waals surface area (Å²) in [5, 5.41) is 8.50. The van der Waals surface area contributed by atoms with Crippen molar-refractivity contribution in [2.24, 2.45) is 5.92 Å². The van der Waals surface area contributed by atoms with Gasteiger partial charge in [-0.2, -0.15) is 0 Å². The molecule has 3 aliphatic heterocycles. The molecule has 2 aromatic rings. The minimum absolute atomic E-state index is 0.00231. The molecule has 5 amide bonds. The van der Waals surface area contributed by atoms with Crippen molar-refractivity contribution in [1.82, 2.24) is 30.1 Å². The Labute approximate surface area is 336 Å². The van der Waals surface area contributed by atoms with Crippen LogP contribution in [-0.4, -0.2) is 96.0 Å². The minimum Gasteiger partial charge on any atom is -0.446 e. The van der Waals surface area contributed by atoms with Crippen molar-refractivity contribution in [2.75, 3.05) is 18.4 Å². The van der Waals surface area contributed by atoms with E-state index in [1.54, 1.807) is 12.3 Å². The average molecular weight is 824 g/mol. The highest BCUT2D eigenvalue weighted by Gasteiger charge is 2.61. The van der Waals surface area contributed by atoms with Crippen LogP contribution >= 0.6 is 0 Å².